The highest BCUT2D eigenvalue weighted by molar-refractivity contribution is 7.99. The summed E-state index contributed by atoms with van der Waals surface area (Å²) >= 11 is 8.03. The maximum Gasteiger partial charge on any atom is 0.313 e. The Morgan fingerprint density at radius 3 is 2.63 bits per heavy atom. The van der Waals surface area contributed by atoms with E-state index in [2.05, 4.69) is 15.5 Å². The second-order valence-electron chi connectivity index (χ2n) is 6.99. The second kappa shape index (κ2) is 9.28. The first-order chi connectivity index (χ1) is 13.0. The summed E-state index contributed by atoms with van der Waals surface area (Å²) in [5.74, 6) is 0.916. The van der Waals surface area contributed by atoms with Crippen LogP contribution in [0.1, 0.15) is 18.4 Å². The van der Waals surface area contributed by atoms with Crippen LogP contribution in [0, 0.1) is 6.92 Å². The van der Waals surface area contributed by atoms with E-state index in [1.807, 2.05) is 11.8 Å². The van der Waals surface area contributed by atoms with Gasteiger partial charge in [-0.25, -0.2) is 0 Å². The van der Waals surface area contributed by atoms with Crippen LogP contribution in [-0.2, 0) is 14.3 Å². The van der Waals surface area contributed by atoms with E-state index in [4.69, 9.17) is 16.3 Å². The Morgan fingerprint density at radius 1 is 1.22 bits per heavy atom. The number of carbonyl (C=O) groups is 2. The Kier molecular flexibility index (Phi) is 7.03. The van der Waals surface area contributed by atoms with Gasteiger partial charge in [0.25, 0.3) is 0 Å². The van der Waals surface area contributed by atoms with Gasteiger partial charge >= 0.3 is 11.8 Å². The molecule has 1 aromatic rings. The molecule has 27 heavy (non-hydrogen) atoms. The van der Waals surface area contributed by atoms with Crippen LogP contribution in [0.5, 0.6) is 0 Å². The highest BCUT2D eigenvalue weighted by Gasteiger charge is 2.39. The van der Waals surface area contributed by atoms with Crippen molar-refractivity contribution in [3.05, 3.63) is 28.8 Å². The van der Waals surface area contributed by atoms with Crippen molar-refractivity contribution >= 4 is 40.9 Å². The highest BCUT2D eigenvalue weighted by atomic mass is 35.5. The largest absolute Gasteiger partial charge is 0.381 e. The van der Waals surface area contributed by atoms with Gasteiger partial charge < -0.3 is 15.4 Å². The number of rotatable bonds is 4. The van der Waals surface area contributed by atoms with Gasteiger partial charge in [0.15, 0.2) is 0 Å². The predicted octanol–water partition coefficient (Wildman–Crippen LogP) is 2.30. The van der Waals surface area contributed by atoms with E-state index in [1.165, 1.54) is 0 Å². The fourth-order valence-electron chi connectivity index (χ4n) is 3.64. The van der Waals surface area contributed by atoms with Crippen molar-refractivity contribution in [2.24, 2.45) is 0 Å². The quantitative estimate of drug-likeness (QED) is 0.744. The molecule has 0 atom stereocenters. The Labute approximate surface area is 169 Å². The molecule has 0 spiro atoms. The molecular formula is C19H26ClN3O3S. The van der Waals surface area contributed by atoms with E-state index < -0.39 is 11.8 Å². The topological polar surface area (TPSA) is 70.7 Å². The number of halogens is 1. The maximum atomic E-state index is 12.4. The number of amides is 2. The third kappa shape index (κ3) is 4.96. The summed E-state index contributed by atoms with van der Waals surface area (Å²) in [7, 11) is 0. The minimum atomic E-state index is -0.670. The minimum absolute atomic E-state index is 0.124. The highest BCUT2D eigenvalue weighted by Crippen LogP contribution is 2.30. The van der Waals surface area contributed by atoms with Crippen LogP contribution in [0.3, 0.4) is 0 Å². The van der Waals surface area contributed by atoms with Gasteiger partial charge in [0.2, 0.25) is 0 Å². The van der Waals surface area contributed by atoms with Crippen LogP contribution >= 0.6 is 23.4 Å². The summed E-state index contributed by atoms with van der Waals surface area (Å²) in [4.78, 5) is 27.2. The molecule has 0 aromatic heterocycles. The number of hydrogen-bond donors (Lipinski definition) is 2. The molecule has 1 aromatic carbocycles. The first-order valence-corrected chi connectivity index (χ1v) is 10.8. The number of ether oxygens (including phenoxy) is 1. The molecule has 0 aliphatic carbocycles. The van der Waals surface area contributed by atoms with Crippen LogP contribution in [0.15, 0.2) is 18.2 Å². The standard InChI is InChI=1S/C19H26ClN3O3S/c1-14-15(20)3-2-4-16(14)22-18(25)17(24)21-13-19(5-9-26-10-6-19)23-7-11-27-12-8-23/h2-4H,5-13H2,1H3,(H,21,24)(H,22,25). The summed E-state index contributed by atoms with van der Waals surface area (Å²) < 4.78 is 5.54. The molecule has 2 aliphatic rings. The van der Waals surface area contributed by atoms with Gasteiger partial charge in [0.1, 0.15) is 0 Å². The van der Waals surface area contributed by atoms with E-state index >= 15 is 0 Å². The van der Waals surface area contributed by atoms with Crippen molar-refractivity contribution in [1.29, 1.82) is 0 Å². The van der Waals surface area contributed by atoms with Gasteiger partial charge in [-0.15, -0.1) is 0 Å². The smallest absolute Gasteiger partial charge is 0.313 e. The Bertz CT molecular complexity index is 689. The lowest BCUT2D eigenvalue weighted by Gasteiger charge is -2.47. The van der Waals surface area contributed by atoms with Gasteiger partial charge in [-0.05, 0) is 37.5 Å². The van der Waals surface area contributed by atoms with Crippen molar-refractivity contribution in [1.82, 2.24) is 10.2 Å². The van der Waals surface area contributed by atoms with Crippen molar-refractivity contribution in [3.63, 3.8) is 0 Å². The van der Waals surface area contributed by atoms with Crippen LogP contribution < -0.4 is 10.6 Å². The lowest BCUT2D eigenvalue weighted by molar-refractivity contribution is -0.136. The normalized spacial score (nSPS) is 20.1. The van der Waals surface area contributed by atoms with Gasteiger partial charge in [-0.1, -0.05) is 17.7 Å². The summed E-state index contributed by atoms with van der Waals surface area (Å²) in [6.45, 7) is 5.66. The molecule has 8 heteroatoms. The van der Waals surface area contributed by atoms with Crippen molar-refractivity contribution < 1.29 is 14.3 Å². The summed E-state index contributed by atoms with van der Waals surface area (Å²) in [5.41, 5.74) is 1.17. The number of hydrogen-bond acceptors (Lipinski definition) is 5. The van der Waals surface area contributed by atoms with E-state index in [9.17, 15) is 9.59 Å². The molecule has 0 radical (unpaired) electrons. The third-order valence-electron chi connectivity index (χ3n) is 5.41. The third-order valence-corrected chi connectivity index (χ3v) is 6.76. The van der Waals surface area contributed by atoms with Crippen LogP contribution in [0.25, 0.3) is 0 Å². The molecule has 0 bridgehead atoms. The van der Waals surface area contributed by atoms with Gasteiger partial charge in [0, 0.05) is 60.6 Å². The Balaban J connectivity index is 1.61. The monoisotopic (exact) mass is 411 g/mol. The Morgan fingerprint density at radius 2 is 1.93 bits per heavy atom. The van der Waals surface area contributed by atoms with Crippen molar-refractivity contribution in [3.8, 4) is 0 Å². The predicted molar refractivity (Wildman–Crippen MR) is 110 cm³/mol. The molecule has 0 unspecified atom stereocenters. The average molecular weight is 412 g/mol. The zero-order valence-electron chi connectivity index (χ0n) is 15.6. The Hall–Kier alpha value is -1.28. The molecule has 2 amide bonds. The van der Waals surface area contributed by atoms with Gasteiger partial charge in [-0.2, -0.15) is 11.8 Å². The molecule has 0 saturated carbocycles. The fraction of sp³-hybridized carbons (Fsp3) is 0.579. The SMILES string of the molecule is Cc1c(Cl)cccc1NC(=O)C(=O)NCC1(N2CCSCC2)CCOCC1. The van der Waals surface area contributed by atoms with Crippen LogP contribution in [0.2, 0.25) is 5.02 Å². The molecule has 6 nitrogen and oxygen atoms in total. The van der Waals surface area contributed by atoms with Gasteiger partial charge in [-0.3, -0.25) is 14.5 Å². The molecule has 148 valence electrons. The van der Waals surface area contributed by atoms with E-state index in [-0.39, 0.29) is 5.54 Å². The molecule has 3 rings (SSSR count). The first-order valence-electron chi connectivity index (χ1n) is 9.27. The lowest BCUT2D eigenvalue weighted by Crippen LogP contribution is -2.61. The van der Waals surface area contributed by atoms with E-state index in [0.717, 1.165) is 43.0 Å². The van der Waals surface area contributed by atoms with Crippen LogP contribution in [-0.4, -0.2) is 66.6 Å². The number of nitrogens with one attached hydrogen (secondary N) is 2. The summed E-state index contributed by atoms with van der Waals surface area (Å²) in [6.07, 6.45) is 1.74. The number of carbonyl (C=O) groups excluding carboxylic acids is 2. The van der Waals surface area contributed by atoms with Gasteiger partial charge in [0.05, 0.1) is 0 Å². The van der Waals surface area contributed by atoms with Crippen LogP contribution in [0.4, 0.5) is 5.69 Å². The molecule has 2 fully saturated rings. The molecule has 2 N–H and O–H groups in total. The lowest BCUT2D eigenvalue weighted by atomic mass is 9.87. The minimum Gasteiger partial charge on any atom is -0.381 e. The summed E-state index contributed by atoms with van der Waals surface area (Å²) in [6, 6.07) is 5.23. The number of thioether (sulfide) groups is 1. The van der Waals surface area contributed by atoms with Crippen molar-refractivity contribution in [2.75, 3.05) is 49.7 Å². The fourth-order valence-corrected chi connectivity index (χ4v) is 4.72. The zero-order valence-corrected chi connectivity index (χ0v) is 17.1. The number of anilines is 1. The zero-order chi connectivity index (χ0) is 19.3. The maximum absolute atomic E-state index is 12.4. The molecule has 2 saturated heterocycles. The van der Waals surface area contributed by atoms with E-state index in [1.54, 1.807) is 25.1 Å². The second-order valence-corrected chi connectivity index (χ2v) is 8.62. The molecule has 2 heterocycles. The molecular weight excluding hydrogens is 386 g/mol. The molecule has 2 aliphatic heterocycles. The first kappa shape index (κ1) is 20.5. The number of nitrogens with zero attached hydrogens (tertiary/aromatic N) is 1. The van der Waals surface area contributed by atoms with Crippen molar-refractivity contribution in [2.45, 2.75) is 25.3 Å². The summed E-state index contributed by atoms with van der Waals surface area (Å²) in [5, 5.41) is 6.06. The average Bonchev–Trinajstić information content (AvgIpc) is 2.71. The number of benzene rings is 1. The van der Waals surface area contributed by atoms with E-state index in [0.29, 0.717) is 30.5 Å².